The number of hydrogen-bond donors (Lipinski definition) is 1. The van der Waals surface area contributed by atoms with Crippen LogP contribution in [-0.4, -0.2) is 49.6 Å². The third kappa shape index (κ3) is 4.21. The van der Waals surface area contributed by atoms with E-state index in [1.165, 1.54) is 0 Å². The van der Waals surface area contributed by atoms with Crippen LogP contribution in [0.2, 0.25) is 5.02 Å². The first-order chi connectivity index (χ1) is 14.1. The minimum Gasteiger partial charge on any atom is -0.482 e. The van der Waals surface area contributed by atoms with E-state index in [0.717, 1.165) is 0 Å². The monoisotopic (exact) mass is 414 g/mol. The number of anilines is 1. The number of carbonyl (C=O) groups is 2. The maximum atomic E-state index is 13.0. The zero-order chi connectivity index (χ0) is 20.2. The van der Waals surface area contributed by atoms with Gasteiger partial charge in [0.15, 0.2) is 6.61 Å². The average molecular weight is 415 g/mol. The van der Waals surface area contributed by atoms with Crippen LogP contribution in [0.15, 0.2) is 52.9 Å². The Balaban J connectivity index is 1.56. The number of fused-ring (bicyclic) bond motifs is 1. The van der Waals surface area contributed by atoms with E-state index in [2.05, 4.69) is 5.32 Å². The summed E-state index contributed by atoms with van der Waals surface area (Å²) < 4.78 is 16.6. The van der Waals surface area contributed by atoms with E-state index in [9.17, 15) is 9.59 Å². The number of nitrogens with one attached hydrogen (secondary N) is 1. The molecule has 1 aromatic heterocycles. The minimum atomic E-state index is -0.424. The molecule has 0 spiro atoms. The molecule has 0 aliphatic carbocycles. The number of ether oxygens (including phenoxy) is 2. The zero-order valence-electron chi connectivity index (χ0n) is 15.5. The highest BCUT2D eigenvalue weighted by Gasteiger charge is 2.27. The number of furan rings is 1. The third-order valence-corrected chi connectivity index (χ3v) is 4.86. The summed E-state index contributed by atoms with van der Waals surface area (Å²) in [6, 6.07) is 14.1. The number of para-hydroxylation sites is 2. The van der Waals surface area contributed by atoms with Crippen molar-refractivity contribution in [2.45, 2.75) is 0 Å². The molecule has 0 radical (unpaired) electrons. The molecule has 1 aliphatic rings. The molecular formula is C21H19ClN2O5. The lowest BCUT2D eigenvalue weighted by molar-refractivity contribution is -0.118. The molecule has 1 aliphatic heterocycles. The van der Waals surface area contributed by atoms with Crippen LogP contribution in [-0.2, 0) is 9.53 Å². The Morgan fingerprint density at radius 1 is 1.07 bits per heavy atom. The van der Waals surface area contributed by atoms with Crippen molar-refractivity contribution in [2.75, 3.05) is 38.2 Å². The summed E-state index contributed by atoms with van der Waals surface area (Å²) in [5, 5.41) is 3.83. The largest absolute Gasteiger partial charge is 0.482 e. The summed E-state index contributed by atoms with van der Waals surface area (Å²) in [5.41, 5.74) is 0.858. The molecule has 0 atom stereocenters. The van der Waals surface area contributed by atoms with Crippen molar-refractivity contribution in [1.82, 2.24) is 4.90 Å². The van der Waals surface area contributed by atoms with E-state index >= 15 is 0 Å². The molecule has 2 aromatic carbocycles. The highest BCUT2D eigenvalue weighted by atomic mass is 35.5. The van der Waals surface area contributed by atoms with Gasteiger partial charge >= 0.3 is 0 Å². The van der Waals surface area contributed by atoms with Gasteiger partial charge in [0, 0.05) is 18.5 Å². The number of morpholine rings is 1. The number of nitrogens with zero attached hydrogens (tertiary/aromatic N) is 1. The van der Waals surface area contributed by atoms with Crippen LogP contribution >= 0.6 is 11.6 Å². The molecule has 0 bridgehead atoms. The topological polar surface area (TPSA) is 81.0 Å². The highest BCUT2D eigenvalue weighted by molar-refractivity contribution is 6.32. The summed E-state index contributed by atoms with van der Waals surface area (Å²) in [5.74, 6) is -0.204. The Labute approximate surface area is 172 Å². The number of benzene rings is 2. The predicted molar refractivity (Wildman–Crippen MR) is 109 cm³/mol. The molecule has 1 N–H and O–H groups in total. The van der Waals surface area contributed by atoms with E-state index in [4.69, 9.17) is 25.5 Å². The molecule has 150 valence electrons. The summed E-state index contributed by atoms with van der Waals surface area (Å²) in [4.78, 5) is 27.1. The molecule has 1 fully saturated rings. The molecule has 0 saturated carbocycles. The van der Waals surface area contributed by atoms with Crippen LogP contribution < -0.4 is 10.1 Å². The second-order valence-corrected chi connectivity index (χ2v) is 6.88. The molecule has 2 heterocycles. The van der Waals surface area contributed by atoms with Crippen LogP contribution in [0.1, 0.15) is 10.6 Å². The minimum absolute atomic E-state index is 0.0965. The number of carbonyl (C=O) groups excluding carboxylic acids is 2. The second-order valence-electron chi connectivity index (χ2n) is 6.47. The van der Waals surface area contributed by atoms with Crippen LogP contribution in [0.4, 0.5) is 5.69 Å². The van der Waals surface area contributed by atoms with Gasteiger partial charge < -0.3 is 24.1 Å². The summed E-state index contributed by atoms with van der Waals surface area (Å²) in [6.07, 6.45) is 0. The number of halogens is 1. The molecular weight excluding hydrogens is 396 g/mol. The lowest BCUT2D eigenvalue weighted by Crippen LogP contribution is -2.40. The molecule has 29 heavy (non-hydrogen) atoms. The van der Waals surface area contributed by atoms with Crippen molar-refractivity contribution in [3.05, 3.63) is 59.3 Å². The van der Waals surface area contributed by atoms with Crippen molar-refractivity contribution in [3.63, 3.8) is 0 Å². The van der Waals surface area contributed by atoms with E-state index in [1.54, 1.807) is 47.4 Å². The van der Waals surface area contributed by atoms with Gasteiger partial charge in [0.05, 0.1) is 18.2 Å². The summed E-state index contributed by atoms with van der Waals surface area (Å²) in [7, 11) is 0. The van der Waals surface area contributed by atoms with Gasteiger partial charge in [0.1, 0.15) is 17.0 Å². The van der Waals surface area contributed by atoms with Gasteiger partial charge in [-0.3, -0.25) is 9.59 Å². The lowest BCUT2D eigenvalue weighted by atomic mass is 10.2. The third-order valence-electron chi connectivity index (χ3n) is 4.55. The normalized spacial score (nSPS) is 14.0. The maximum Gasteiger partial charge on any atom is 0.291 e. The molecule has 8 heteroatoms. The molecule has 0 unspecified atom stereocenters. The smallest absolute Gasteiger partial charge is 0.291 e. The molecule has 1 saturated heterocycles. The predicted octanol–water partition coefficient (Wildman–Crippen LogP) is 3.58. The van der Waals surface area contributed by atoms with Gasteiger partial charge in [-0.05, 0) is 24.3 Å². The van der Waals surface area contributed by atoms with Crippen LogP contribution in [0.3, 0.4) is 0 Å². The summed E-state index contributed by atoms with van der Waals surface area (Å²) in [6.45, 7) is 1.63. The van der Waals surface area contributed by atoms with Gasteiger partial charge in [-0.15, -0.1) is 0 Å². The fourth-order valence-electron chi connectivity index (χ4n) is 3.11. The Morgan fingerprint density at radius 3 is 2.59 bits per heavy atom. The second kappa shape index (κ2) is 8.55. The first-order valence-electron chi connectivity index (χ1n) is 9.19. The Morgan fingerprint density at radius 2 is 1.79 bits per heavy atom. The number of hydrogen-bond acceptors (Lipinski definition) is 5. The highest BCUT2D eigenvalue weighted by Crippen LogP contribution is 2.32. The first kappa shape index (κ1) is 19.3. The quantitative estimate of drug-likeness (QED) is 0.690. The number of amides is 2. The van der Waals surface area contributed by atoms with Gasteiger partial charge in [0.2, 0.25) is 5.76 Å². The van der Waals surface area contributed by atoms with Crippen molar-refractivity contribution in [3.8, 4) is 5.75 Å². The van der Waals surface area contributed by atoms with Gasteiger partial charge in [0.25, 0.3) is 11.8 Å². The fraction of sp³-hybridized carbons (Fsp3) is 0.238. The van der Waals surface area contributed by atoms with E-state index in [1.807, 2.05) is 6.07 Å². The Kier molecular flexibility index (Phi) is 5.69. The zero-order valence-corrected chi connectivity index (χ0v) is 16.3. The van der Waals surface area contributed by atoms with E-state index in [0.29, 0.717) is 53.7 Å². The van der Waals surface area contributed by atoms with Crippen LogP contribution in [0.5, 0.6) is 5.75 Å². The first-order valence-corrected chi connectivity index (χ1v) is 9.57. The van der Waals surface area contributed by atoms with Crippen molar-refractivity contribution in [2.24, 2.45) is 0 Å². The van der Waals surface area contributed by atoms with E-state index in [-0.39, 0.29) is 18.3 Å². The van der Waals surface area contributed by atoms with Crippen molar-refractivity contribution in [1.29, 1.82) is 0 Å². The maximum absolute atomic E-state index is 13.0. The Bertz CT molecular complexity index is 1040. The van der Waals surface area contributed by atoms with Gasteiger partial charge in [-0.1, -0.05) is 35.9 Å². The molecule has 7 nitrogen and oxygen atoms in total. The molecule has 4 rings (SSSR count). The van der Waals surface area contributed by atoms with Crippen molar-refractivity contribution < 1.29 is 23.5 Å². The standard InChI is InChI=1S/C21H19ClN2O5/c22-15-6-2-4-8-17(15)28-13-18(25)23-19-14-5-1-3-7-16(14)29-20(19)21(26)24-9-11-27-12-10-24/h1-8H,9-13H2,(H,23,25). The molecule has 2 amide bonds. The Hall–Kier alpha value is -3.03. The van der Waals surface area contributed by atoms with Crippen molar-refractivity contribution >= 4 is 40.1 Å². The fourth-order valence-corrected chi connectivity index (χ4v) is 3.30. The average Bonchev–Trinajstić information content (AvgIpc) is 3.11. The van der Waals surface area contributed by atoms with E-state index < -0.39 is 5.91 Å². The van der Waals surface area contributed by atoms with Gasteiger partial charge in [-0.25, -0.2) is 0 Å². The lowest BCUT2D eigenvalue weighted by Gasteiger charge is -2.26. The van der Waals surface area contributed by atoms with Gasteiger partial charge in [-0.2, -0.15) is 0 Å². The SMILES string of the molecule is O=C(COc1ccccc1Cl)Nc1c(C(=O)N2CCOCC2)oc2ccccc12. The van der Waals surface area contributed by atoms with Crippen LogP contribution in [0.25, 0.3) is 11.0 Å². The van der Waals surface area contributed by atoms with Crippen LogP contribution in [0, 0.1) is 0 Å². The number of rotatable bonds is 5. The molecule has 3 aromatic rings. The summed E-state index contributed by atoms with van der Waals surface area (Å²) >= 11 is 6.05.